The Kier molecular flexibility index (Phi) is 12.4. The maximum Gasteiger partial charge on any atom is 0.252 e. The average Bonchev–Trinajstić information content (AvgIpc) is 1.63. The lowest BCUT2D eigenvalue weighted by Crippen LogP contribution is -2.60. The molecule has 0 amide bonds. The fourth-order valence-electron chi connectivity index (χ4n) is 14.2. The topological polar surface area (TPSA) is 40.9 Å². The molecule has 0 aliphatic carbocycles. The van der Waals surface area contributed by atoms with Crippen molar-refractivity contribution in [1.29, 1.82) is 0 Å². The largest absolute Gasteiger partial charge is 0.454 e. The van der Waals surface area contributed by atoms with E-state index in [0.29, 0.717) is 0 Å². The summed E-state index contributed by atoms with van der Waals surface area (Å²) in [6.07, 6.45) is 0. The Hall–Kier alpha value is -9.20. The van der Waals surface area contributed by atoms with Crippen LogP contribution in [-0.2, 0) is 27.1 Å². The van der Waals surface area contributed by atoms with Crippen LogP contribution >= 0.6 is 0 Å². The van der Waals surface area contributed by atoms with E-state index < -0.39 is 0 Å². The fourth-order valence-corrected chi connectivity index (χ4v) is 14.2. The van der Waals surface area contributed by atoms with E-state index in [-0.39, 0.29) is 33.8 Å². The second-order valence-electron chi connectivity index (χ2n) is 30.3. The van der Waals surface area contributed by atoms with Gasteiger partial charge in [0.1, 0.15) is 11.2 Å². The molecular weight excluding hydrogens is 1080 g/mol. The number of hydrogen-bond acceptors (Lipinski definition) is 5. The third-order valence-corrected chi connectivity index (χ3v) is 19.2. The summed E-state index contributed by atoms with van der Waals surface area (Å²) in [5.41, 5.74) is 25.0. The van der Waals surface area contributed by atoms with Crippen LogP contribution in [0.4, 0.5) is 51.2 Å². The van der Waals surface area contributed by atoms with E-state index in [4.69, 9.17) is 8.83 Å². The van der Waals surface area contributed by atoms with Gasteiger partial charge in [-0.2, -0.15) is 0 Å². The maximum absolute atomic E-state index is 7.28. The Bertz CT molecular complexity index is 4850. The van der Waals surface area contributed by atoms with Crippen LogP contribution in [-0.4, -0.2) is 11.3 Å². The molecule has 89 heavy (non-hydrogen) atoms. The van der Waals surface area contributed by atoms with Gasteiger partial charge in [-0.05, 0) is 168 Å². The van der Waals surface area contributed by atoms with Crippen molar-refractivity contribution in [3.8, 4) is 5.69 Å². The monoisotopic (exact) mass is 1160 g/mol. The summed E-state index contributed by atoms with van der Waals surface area (Å²) >= 11 is 0. The average molecular weight is 1160 g/mol. The standard InChI is InChI=1S/C82H79BN4O2/c1-78(2,3)50-27-35-55(36-28-50)84(56-37-29-51(30-38-56)79(4,5)6)59-43-44-65-68(47-59)86(67-24-20-23-62-61-21-16-18-25-71(61)88-76(62)67)69-48-60(85(57-39-31-52(32-40-57)80(7,8)9)58-41-33-53(34-42-58)81(10,11)12)49-70-74(69)83(65)66-46-54(82(13,14)15)45-64-73-63-22-17-19-26-72(63)89-77(73)87(70)75(64)66/h16-49H,1-15H3. The summed E-state index contributed by atoms with van der Waals surface area (Å²) in [6, 6.07) is 77.9. The Labute approximate surface area is 525 Å². The van der Waals surface area contributed by atoms with E-state index in [1.807, 2.05) is 0 Å². The van der Waals surface area contributed by atoms with Gasteiger partial charge in [-0.25, -0.2) is 0 Å². The molecule has 3 aromatic heterocycles. The summed E-state index contributed by atoms with van der Waals surface area (Å²) in [5.74, 6) is 0. The molecule has 15 rings (SSSR count). The molecule has 442 valence electrons. The van der Waals surface area contributed by atoms with Crippen LogP contribution in [0.25, 0.3) is 60.6 Å². The first-order valence-corrected chi connectivity index (χ1v) is 31.8. The first-order chi connectivity index (χ1) is 42.3. The third kappa shape index (κ3) is 9.12. The normalized spacial score (nSPS) is 13.5. The van der Waals surface area contributed by atoms with E-state index in [1.165, 1.54) is 55.1 Å². The summed E-state index contributed by atoms with van der Waals surface area (Å²) in [4.78, 5) is 7.46. The van der Waals surface area contributed by atoms with E-state index in [1.54, 1.807) is 0 Å². The van der Waals surface area contributed by atoms with Crippen LogP contribution in [0.2, 0.25) is 0 Å². The van der Waals surface area contributed by atoms with Gasteiger partial charge in [-0.1, -0.05) is 213 Å². The molecule has 7 heteroatoms. The van der Waals surface area contributed by atoms with Crippen LogP contribution in [0, 0.1) is 0 Å². The first-order valence-electron chi connectivity index (χ1n) is 31.8. The molecule has 0 unspecified atom stereocenters. The molecule has 0 atom stereocenters. The number of nitrogens with zero attached hydrogens (tertiary/aromatic N) is 4. The maximum atomic E-state index is 7.28. The highest BCUT2D eigenvalue weighted by Gasteiger charge is 2.45. The van der Waals surface area contributed by atoms with E-state index in [0.717, 1.165) is 101 Å². The minimum Gasteiger partial charge on any atom is -0.454 e. The van der Waals surface area contributed by atoms with Gasteiger partial charge in [0.05, 0.1) is 22.3 Å². The predicted molar refractivity (Wildman–Crippen MR) is 380 cm³/mol. The second-order valence-corrected chi connectivity index (χ2v) is 30.3. The van der Waals surface area contributed by atoms with Crippen molar-refractivity contribution in [2.45, 2.75) is 131 Å². The van der Waals surface area contributed by atoms with E-state index >= 15 is 0 Å². The van der Waals surface area contributed by atoms with Crippen LogP contribution in [0.5, 0.6) is 0 Å². The van der Waals surface area contributed by atoms with Crippen LogP contribution < -0.4 is 31.1 Å². The number of furan rings is 2. The van der Waals surface area contributed by atoms with Crippen LogP contribution in [0.3, 0.4) is 0 Å². The Morgan fingerprint density at radius 2 is 0.764 bits per heavy atom. The van der Waals surface area contributed by atoms with Crippen molar-refractivity contribution < 1.29 is 8.83 Å². The van der Waals surface area contributed by atoms with Gasteiger partial charge < -0.3 is 23.5 Å². The molecular formula is C82H79BN4O2. The number of para-hydroxylation sites is 3. The summed E-state index contributed by atoms with van der Waals surface area (Å²) in [5, 5.41) is 5.61. The molecule has 13 aromatic rings. The predicted octanol–water partition coefficient (Wildman–Crippen LogP) is 21.5. The van der Waals surface area contributed by atoms with E-state index in [2.05, 4.69) is 329 Å². The van der Waals surface area contributed by atoms with Gasteiger partial charge in [-0.3, -0.25) is 4.57 Å². The number of benzene rings is 10. The molecule has 0 N–H and O–H groups in total. The molecule has 0 fully saturated rings. The molecule has 6 nitrogen and oxygen atoms in total. The highest BCUT2D eigenvalue weighted by molar-refractivity contribution is 7.00. The van der Waals surface area contributed by atoms with Crippen molar-refractivity contribution in [3.05, 3.63) is 234 Å². The van der Waals surface area contributed by atoms with Crippen molar-refractivity contribution in [2.75, 3.05) is 14.7 Å². The molecule has 0 spiro atoms. The number of rotatable bonds is 7. The zero-order chi connectivity index (χ0) is 62.0. The zero-order valence-corrected chi connectivity index (χ0v) is 54.3. The minimum absolute atomic E-state index is 0.0145. The lowest BCUT2D eigenvalue weighted by molar-refractivity contribution is 0.590. The summed E-state index contributed by atoms with van der Waals surface area (Å²) in [7, 11) is 0. The molecule has 10 aromatic carbocycles. The highest BCUT2D eigenvalue weighted by atomic mass is 16.3. The van der Waals surface area contributed by atoms with Crippen molar-refractivity contribution in [1.82, 2.24) is 4.57 Å². The van der Waals surface area contributed by atoms with E-state index in [9.17, 15) is 0 Å². The quantitative estimate of drug-likeness (QED) is 0.149. The van der Waals surface area contributed by atoms with Gasteiger partial charge in [-0.15, -0.1) is 0 Å². The van der Waals surface area contributed by atoms with Gasteiger partial charge in [0.15, 0.2) is 5.58 Å². The smallest absolute Gasteiger partial charge is 0.252 e. The SMILES string of the molecule is CC(C)(C)c1ccc(N(c2ccc(C(C)(C)C)cc2)c2ccc3c(c2)N(c2cccc4c2oc2ccccc24)c2cc(N(c4ccc(C(C)(C)C)cc4)c4ccc(C(C)(C)C)cc4)cc4c2B3c2cc(C(C)(C)C)cc3c5c6ccccc6oc5n-4c23)cc1. The Morgan fingerprint density at radius 1 is 0.326 bits per heavy atom. The number of hydrogen-bond donors (Lipinski definition) is 0. The molecule has 2 aliphatic heterocycles. The number of aromatic nitrogens is 1. The fraction of sp³-hybridized carbons (Fsp3) is 0.244. The lowest BCUT2D eigenvalue weighted by Gasteiger charge is -2.42. The molecule has 5 heterocycles. The molecule has 0 bridgehead atoms. The Morgan fingerprint density at radius 3 is 1.28 bits per heavy atom. The van der Waals surface area contributed by atoms with Gasteiger partial charge in [0.2, 0.25) is 5.71 Å². The van der Waals surface area contributed by atoms with Crippen molar-refractivity contribution in [3.63, 3.8) is 0 Å². The van der Waals surface area contributed by atoms with Gasteiger partial charge in [0, 0.05) is 67.0 Å². The lowest BCUT2D eigenvalue weighted by atomic mass is 9.33. The third-order valence-electron chi connectivity index (χ3n) is 19.2. The van der Waals surface area contributed by atoms with Gasteiger partial charge in [0.25, 0.3) is 6.71 Å². The molecule has 0 saturated carbocycles. The minimum atomic E-state index is -0.192. The summed E-state index contributed by atoms with van der Waals surface area (Å²) < 4.78 is 17.0. The molecule has 0 saturated heterocycles. The number of fused-ring (bicyclic) bond motifs is 12. The van der Waals surface area contributed by atoms with Crippen LogP contribution in [0.1, 0.15) is 132 Å². The number of anilines is 9. The molecule has 0 radical (unpaired) electrons. The second kappa shape index (κ2) is 19.7. The highest BCUT2D eigenvalue weighted by Crippen LogP contribution is 2.51. The zero-order valence-electron chi connectivity index (χ0n) is 54.3. The Balaban J connectivity index is 1.09. The molecule has 2 aliphatic rings. The first kappa shape index (κ1) is 56.3. The van der Waals surface area contributed by atoms with Crippen molar-refractivity contribution in [2.24, 2.45) is 0 Å². The van der Waals surface area contributed by atoms with Crippen LogP contribution in [0.15, 0.2) is 215 Å². The summed E-state index contributed by atoms with van der Waals surface area (Å²) in [6.45, 7) is 34.3. The van der Waals surface area contributed by atoms with Gasteiger partial charge >= 0.3 is 0 Å². The van der Waals surface area contributed by atoms with Crippen molar-refractivity contribution >= 4 is 129 Å².